The van der Waals surface area contributed by atoms with Crippen molar-refractivity contribution in [2.75, 3.05) is 24.0 Å². The SMILES string of the molecule is CCSC.CCSC. The molecule has 0 nitrogen and oxygen atoms in total. The van der Waals surface area contributed by atoms with E-state index in [1.807, 2.05) is 23.5 Å². The van der Waals surface area contributed by atoms with Gasteiger partial charge in [0.1, 0.15) is 0 Å². The number of thioether (sulfide) groups is 2. The predicted molar refractivity (Wildman–Crippen MR) is 48.1 cm³/mol. The molecule has 0 amide bonds. The van der Waals surface area contributed by atoms with E-state index in [9.17, 15) is 0 Å². The Morgan fingerprint density at radius 3 is 1.00 bits per heavy atom. The summed E-state index contributed by atoms with van der Waals surface area (Å²) in [4.78, 5) is 0. The fourth-order valence-corrected chi connectivity index (χ4v) is 0. The number of hydrogen-bond donors (Lipinski definition) is 0. The van der Waals surface area contributed by atoms with Crippen LogP contribution in [0.1, 0.15) is 13.8 Å². The average Bonchev–Trinajstić information content (AvgIpc) is 1.88. The highest BCUT2D eigenvalue weighted by Gasteiger charge is 1.55. The van der Waals surface area contributed by atoms with Crippen LogP contribution >= 0.6 is 23.5 Å². The van der Waals surface area contributed by atoms with Gasteiger partial charge < -0.3 is 0 Å². The molecule has 0 aromatic heterocycles. The Morgan fingerprint density at radius 1 is 0.875 bits per heavy atom. The molecule has 0 aromatic carbocycles. The second-order valence-electron chi connectivity index (χ2n) is 1.15. The fourth-order valence-electron chi connectivity index (χ4n) is 0. The highest BCUT2D eigenvalue weighted by molar-refractivity contribution is 7.98. The Bertz CT molecular complexity index is 14.5. The van der Waals surface area contributed by atoms with Crippen LogP contribution in [0.5, 0.6) is 0 Å². The van der Waals surface area contributed by atoms with Crippen molar-refractivity contribution in [2.24, 2.45) is 0 Å². The minimum absolute atomic E-state index is 1.24. The van der Waals surface area contributed by atoms with E-state index in [0.717, 1.165) is 0 Å². The molecule has 0 atom stereocenters. The van der Waals surface area contributed by atoms with E-state index in [2.05, 4.69) is 26.4 Å². The van der Waals surface area contributed by atoms with Gasteiger partial charge in [0.15, 0.2) is 0 Å². The van der Waals surface area contributed by atoms with Crippen molar-refractivity contribution < 1.29 is 0 Å². The molecular weight excluding hydrogens is 136 g/mol. The van der Waals surface area contributed by atoms with Crippen molar-refractivity contribution in [2.45, 2.75) is 13.8 Å². The topological polar surface area (TPSA) is 0 Å². The molecule has 0 spiro atoms. The summed E-state index contributed by atoms with van der Waals surface area (Å²) >= 11 is 3.71. The molecule has 2 heteroatoms. The molecule has 8 heavy (non-hydrogen) atoms. The molecule has 0 unspecified atom stereocenters. The predicted octanol–water partition coefficient (Wildman–Crippen LogP) is 2.74. The summed E-state index contributed by atoms with van der Waals surface area (Å²) in [5.41, 5.74) is 0. The average molecular weight is 152 g/mol. The van der Waals surface area contributed by atoms with Gasteiger partial charge in [-0.25, -0.2) is 0 Å². The van der Waals surface area contributed by atoms with Crippen molar-refractivity contribution in [3.05, 3.63) is 0 Å². The molecule has 0 fully saturated rings. The standard InChI is InChI=1S/2C3H8S/c2*1-3-4-2/h2*3H2,1-2H3. The van der Waals surface area contributed by atoms with Crippen molar-refractivity contribution >= 4 is 23.5 Å². The van der Waals surface area contributed by atoms with E-state index in [1.165, 1.54) is 11.5 Å². The first kappa shape index (κ1) is 11.5. The van der Waals surface area contributed by atoms with Crippen molar-refractivity contribution in [3.63, 3.8) is 0 Å². The Balaban J connectivity index is 0. The van der Waals surface area contributed by atoms with E-state index in [0.29, 0.717) is 0 Å². The van der Waals surface area contributed by atoms with Crippen LogP contribution in [-0.4, -0.2) is 24.0 Å². The first-order valence-electron chi connectivity index (χ1n) is 2.81. The summed E-state index contributed by atoms with van der Waals surface area (Å²) in [6.07, 6.45) is 4.19. The Labute approximate surface area is 61.8 Å². The zero-order chi connectivity index (χ0) is 6.83. The van der Waals surface area contributed by atoms with Gasteiger partial charge in [0, 0.05) is 0 Å². The Hall–Kier alpha value is 0.700. The molecular formula is C6H16S2. The second kappa shape index (κ2) is 15.6. The first-order chi connectivity index (χ1) is 3.83. The van der Waals surface area contributed by atoms with Crippen LogP contribution in [0.4, 0.5) is 0 Å². The lowest BCUT2D eigenvalue weighted by Crippen LogP contribution is -1.52. The van der Waals surface area contributed by atoms with Gasteiger partial charge in [-0.3, -0.25) is 0 Å². The van der Waals surface area contributed by atoms with E-state index in [4.69, 9.17) is 0 Å². The molecule has 0 bridgehead atoms. The molecule has 0 aromatic rings. The van der Waals surface area contributed by atoms with E-state index in [1.54, 1.807) is 0 Å². The summed E-state index contributed by atoms with van der Waals surface area (Å²) in [5, 5.41) is 0. The van der Waals surface area contributed by atoms with Crippen molar-refractivity contribution in [1.29, 1.82) is 0 Å². The maximum atomic E-state index is 2.14. The van der Waals surface area contributed by atoms with Gasteiger partial charge in [-0.15, -0.1) is 0 Å². The summed E-state index contributed by atoms with van der Waals surface area (Å²) in [6, 6.07) is 0. The summed E-state index contributed by atoms with van der Waals surface area (Å²) < 4.78 is 0. The van der Waals surface area contributed by atoms with Gasteiger partial charge in [-0.1, -0.05) is 13.8 Å². The van der Waals surface area contributed by atoms with Crippen molar-refractivity contribution in [1.82, 2.24) is 0 Å². The Kier molecular flexibility index (Phi) is 22.5. The minimum Gasteiger partial charge on any atom is -0.166 e. The van der Waals surface area contributed by atoms with E-state index < -0.39 is 0 Å². The maximum absolute atomic E-state index is 2.14. The van der Waals surface area contributed by atoms with Crippen LogP contribution in [0.3, 0.4) is 0 Å². The molecule has 0 saturated heterocycles. The van der Waals surface area contributed by atoms with Gasteiger partial charge in [-0.05, 0) is 24.0 Å². The molecule has 0 saturated carbocycles. The molecule has 0 aliphatic heterocycles. The monoisotopic (exact) mass is 152 g/mol. The fraction of sp³-hybridized carbons (Fsp3) is 1.00. The quantitative estimate of drug-likeness (QED) is 0.597. The van der Waals surface area contributed by atoms with Gasteiger partial charge in [0.25, 0.3) is 0 Å². The minimum atomic E-state index is 1.24. The summed E-state index contributed by atoms with van der Waals surface area (Å²) in [7, 11) is 0. The zero-order valence-electron chi connectivity index (χ0n) is 6.23. The van der Waals surface area contributed by atoms with Crippen LogP contribution in [-0.2, 0) is 0 Å². The Morgan fingerprint density at radius 2 is 1.00 bits per heavy atom. The molecule has 0 radical (unpaired) electrons. The summed E-state index contributed by atoms with van der Waals surface area (Å²) in [6.45, 7) is 4.29. The third-order valence-electron chi connectivity index (χ3n) is 0.577. The van der Waals surface area contributed by atoms with Crippen LogP contribution in [0.15, 0.2) is 0 Å². The summed E-state index contributed by atoms with van der Waals surface area (Å²) in [5.74, 6) is 2.47. The number of rotatable bonds is 2. The molecule has 0 rings (SSSR count). The lowest BCUT2D eigenvalue weighted by atomic mass is 11.0. The third-order valence-corrected chi connectivity index (χ3v) is 1.73. The molecule has 52 valence electrons. The van der Waals surface area contributed by atoms with Gasteiger partial charge >= 0.3 is 0 Å². The van der Waals surface area contributed by atoms with Crippen LogP contribution in [0.25, 0.3) is 0 Å². The normalized spacial score (nSPS) is 7.50. The largest absolute Gasteiger partial charge is 0.166 e. The highest BCUT2D eigenvalue weighted by atomic mass is 32.2. The van der Waals surface area contributed by atoms with Gasteiger partial charge in [0.2, 0.25) is 0 Å². The smallest absolute Gasteiger partial charge is 0.00988 e. The van der Waals surface area contributed by atoms with Crippen LogP contribution in [0, 0.1) is 0 Å². The molecule has 0 aliphatic rings. The van der Waals surface area contributed by atoms with E-state index in [-0.39, 0.29) is 0 Å². The maximum Gasteiger partial charge on any atom is -0.00988 e. The molecule has 0 N–H and O–H groups in total. The highest BCUT2D eigenvalue weighted by Crippen LogP contribution is 1.84. The molecule has 0 aliphatic carbocycles. The van der Waals surface area contributed by atoms with Gasteiger partial charge in [-0.2, -0.15) is 23.5 Å². The van der Waals surface area contributed by atoms with Crippen LogP contribution < -0.4 is 0 Å². The van der Waals surface area contributed by atoms with Crippen LogP contribution in [0.2, 0.25) is 0 Å². The van der Waals surface area contributed by atoms with Gasteiger partial charge in [0.05, 0.1) is 0 Å². The lowest BCUT2D eigenvalue weighted by molar-refractivity contribution is 1.53. The van der Waals surface area contributed by atoms with Crippen molar-refractivity contribution in [3.8, 4) is 0 Å². The lowest BCUT2D eigenvalue weighted by Gasteiger charge is -1.69. The first-order valence-corrected chi connectivity index (χ1v) is 5.60. The third kappa shape index (κ3) is 29.9. The number of hydrogen-bond acceptors (Lipinski definition) is 2. The second-order valence-corrected chi connectivity index (χ2v) is 3.46. The van der Waals surface area contributed by atoms with E-state index >= 15 is 0 Å². The zero-order valence-corrected chi connectivity index (χ0v) is 7.86. The molecule has 0 heterocycles.